The molecule has 1 aliphatic heterocycles. The first-order valence-electron chi connectivity index (χ1n) is 8.66. The van der Waals surface area contributed by atoms with Gasteiger partial charge in [-0.1, -0.05) is 32.9 Å². The summed E-state index contributed by atoms with van der Waals surface area (Å²) in [6.07, 6.45) is 4.38. The molecule has 0 N–H and O–H groups in total. The Kier molecular flexibility index (Phi) is 4.58. The zero-order valence-corrected chi connectivity index (χ0v) is 14.8. The first kappa shape index (κ1) is 16.3. The molecule has 1 fully saturated rings. The molecule has 1 saturated heterocycles. The highest BCUT2D eigenvalue weighted by molar-refractivity contribution is 5.87. The molecule has 3 nitrogen and oxygen atoms in total. The molecular formula is C20H28N2O. The summed E-state index contributed by atoms with van der Waals surface area (Å²) in [6, 6.07) is 8.30. The lowest BCUT2D eigenvalue weighted by Crippen LogP contribution is -2.42. The Morgan fingerprint density at radius 3 is 2.61 bits per heavy atom. The van der Waals surface area contributed by atoms with Gasteiger partial charge in [0.1, 0.15) is 11.9 Å². The van der Waals surface area contributed by atoms with Crippen molar-refractivity contribution in [1.29, 1.82) is 0 Å². The van der Waals surface area contributed by atoms with Crippen LogP contribution in [0.1, 0.15) is 39.2 Å². The fourth-order valence-electron chi connectivity index (χ4n) is 3.44. The van der Waals surface area contributed by atoms with Crippen LogP contribution in [0.25, 0.3) is 10.9 Å². The van der Waals surface area contributed by atoms with Gasteiger partial charge >= 0.3 is 0 Å². The average Bonchev–Trinajstić information content (AvgIpc) is 2.49. The zero-order chi connectivity index (χ0) is 16.4. The van der Waals surface area contributed by atoms with E-state index in [1.54, 1.807) is 0 Å². The molecule has 0 amide bonds. The molecule has 0 saturated carbocycles. The fourth-order valence-corrected chi connectivity index (χ4v) is 3.44. The summed E-state index contributed by atoms with van der Waals surface area (Å²) in [5.74, 6) is 0.980. The lowest BCUT2D eigenvalue weighted by molar-refractivity contribution is 0.0819. The second-order valence-electron chi connectivity index (χ2n) is 7.93. The number of pyridine rings is 1. The standard InChI is InChI=1S/C20H28N2O/c1-15-6-5-7-17-18(8-11-21-19(15)17)23-16-9-12-22(13-10-16)14-20(2,3)4/h5-8,11,16H,9-10,12-14H2,1-4H3. The van der Waals surface area contributed by atoms with E-state index < -0.39 is 0 Å². The van der Waals surface area contributed by atoms with Crippen LogP contribution in [0.5, 0.6) is 5.75 Å². The highest BCUT2D eigenvalue weighted by atomic mass is 16.5. The van der Waals surface area contributed by atoms with Gasteiger partial charge in [-0.3, -0.25) is 4.98 Å². The molecule has 1 aliphatic rings. The largest absolute Gasteiger partial charge is 0.490 e. The Morgan fingerprint density at radius 1 is 1.17 bits per heavy atom. The number of benzene rings is 1. The second-order valence-corrected chi connectivity index (χ2v) is 7.93. The number of nitrogens with zero attached hydrogens (tertiary/aromatic N) is 2. The number of rotatable bonds is 3. The third-order valence-corrected chi connectivity index (χ3v) is 4.46. The van der Waals surface area contributed by atoms with Crippen LogP contribution in [0.3, 0.4) is 0 Å². The summed E-state index contributed by atoms with van der Waals surface area (Å²) >= 11 is 0. The van der Waals surface area contributed by atoms with Crippen molar-refractivity contribution >= 4 is 10.9 Å². The lowest BCUT2D eigenvalue weighted by Gasteiger charge is -2.36. The number of hydrogen-bond donors (Lipinski definition) is 0. The number of ether oxygens (including phenoxy) is 1. The van der Waals surface area contributed by atoms with Crippen molar-refractivity contribution in [3.05, 3.63) is 36.0 Å². The topological polar surface area (TPSA) is 25.4 Å². The van der Waals surface area contributed by atoms with E-state index in [4.69, 9.17) is 4.74 Å². The van der Waals surface area contributed by atoms with E-state index in [9.17, 15) is 0 Å². The van der Waals surface area contributed by atoms with Gasteiger partial charge in [0.15, 0.2) is 0 Å². The summed E-state index contributed by atoms with van der Waals surface area (Å²) < 4.78 is 6.34. The summed E-state index contributed by atoms with van der Waals surface area (Å²) in [5, 5.41) is 1.13. The minimum atomic E-state index is 0.317. The van der Waals surface area contributed by atoms with Gasteiger partial charge in [0, 0.05) is 31.2 Å². The molecule has 0 unspecified atom stereocenters. The molecule has 1 aromatic carbocycles. The normalized spacial score (nSPS) is 17.6. The summed E-state index contributed by atoms with van der Waals surface area (Å²) in [6.45, 7) is 12.4. The van der Waals surface area contributed by atoms with E-state index >= 15 is 0 Å². The summed E-state index contributed by atoms with van der Waals surface area (Å²) in [7, 11) is 0. The smallest absolute Gasteiger partial charge is 0.130 e. The molecule has 3 heteroatoms. The highest BCUT2D eigenvalue weighted by Crippen LogP contribution is 2.29. The molecule has 0 radical (unpaired) electrons. The average molecular weight is 312 g/mol. The van der Waals surface area contributed by atoms with Gasteiger partial charge in [0.05, 0.1) is 5.52 Å². The molecular weight excluding hydrogens is 284 g/mol. The van der Waals surface area contributed by atoms with E-state index in [0.717, 1.165) is 49.1 Å². The molecule has 0 aliphatic carbocycles. The summed E-state index contributed by atoms with van der Waals surface area (Å²) in [4.78, 5) is 7.06. The summed E-state index contributed by atoms with van der Waals surface area (Å²) in [5.41, 5.74) is 2.62. The van der Waals surface area contributed by atoms with Crippen LogP contribution in [0, 0.1) is 12.3 Å². The monoisotopic (exact) mass is 312 g/mol. The number of aromatic nitrogens is 1. The SMILES string of the molecule is Cc1cccc2c(OC3CCN(CC(C)(C)C)CC3)ccnc12. The number of piperidine rings is 1. The van der Waals surface area contributed by atoms with Gasteiger partial charge in [-0.25, -0.2) is 0 Å². The Hall–Kier alpha value is -1.61. The fraction of sp³-hybridized carbons (Fsp3) is 0.550. The number of para-hydroxylation sites is 1. The van der Waals surface area contributed by atoms with Gasteiger partial charge in [0.25, 0.3) is 0 Å². The van der Waals surface area contributed by atoms with Crippen LogP contribution in [0.2, 0.25) is 0 Å². The van der Waals surface area contributed by atoms with E-state index in [1.165, 1.54) is 5.56 Å². The molecule has 0 atom stereocenters. The van der Waals surface area contributed by atoms with Crippen molar-refractivity contribution < 1.29 is 4.74 Å². The van der Waals surface area contributed by atoms with E-state index in [1.807, 2.05) is 12.3 Å². The van der Waals surface area contributed by atoms with Crippen molar-refractivity contribution in [1.82, 2.24) is 9.88 Å². The van der Waals surface area contributed by atoms with Gasteiger partial charge < -0.3 is 9.64 Å². The van der Waals surface area contributed by atoms with Crippen molar-refractivity contribution in [2.75, 3.05) is 19.6 Å². The Balaban J connectivity index is 1.67. The van der Waals surface area contributed by atoms with Crippen LogP contribution < -0.4 is 4.74 Å². The molecule has 3 rings (SSSR count). The van der Waals surface area contributed by atoms with Gasteiger partial charge in [0.2, 0.25) is 0 Å². The molecule has 2 aromatic rings. The minimum Gasteiger partial charge on any atom is -0.490 e. The first-order valence-corrected chi connectivity index (χ1v) is 8.66. The predicted molar refractivity (Wildman–Crippen MR) is 96.0 cm³/mol. The molecule has 2 heterocycles. The van der Waals surface area contributed by atoms with E-state index in [2.05, 4.69) is 55.8 Å². The number of fused-ring (bicyclic) bond motifs is 1. The number of hydrogen-bond acceptors (Lipinski definition) is 3. The third-order valence-electron chi connectivity index (χ3n) is 4.46. The van der Waals surface area contributed by atoms with Crippen LogP contribution in [0.15, 0.2) is 30.5 Å². The molecule has 0 spiro atoms. The Bertz CT molecular complexity index is 667. The van der Waals surface area contributed by atoms with Crippen LogP contribution in [0.4, 0.5) is 0 Å². The van der Waals surface area contributed by atoms with Crippen LogP contribution in [-0.4, -0.2) is 35.6 Å². The molecule has 1 aromatic heterocycles. The van der Waals surface area contributed by atoms with Gasteiger partial charge in [-0.15, -0.1) is 0 Å². The Labute approximate surface area is 139 Å². The maximum absolute atomic E-state index is 6.34. The van der Waals surface area contributed by atoms with Gasteiger partial charge in [-0.2, -0.15) is 0 Å². The minimum absolute atomic E-state index is 0.317. The molecule has 23 heavy (non-hydrogen) atoms. The molecule has 124 valence electrons. The molecule has 0 bridgehead atoms. The second kappa shape index (κ2) is 6.48. The Morgan fingerprint density at radius 2 is 1.91 bits per heavy atom. The maximum Gasteiger partial charge on any atom is 0.130 e. The zero-order valence-electron chi connectivity index (χ0n) is 14.8. The van der Waals surface area contributed by atoms with Crippen molar-refractivity contribution in [3.8, 4) is 5.75 Å². The van der Waals surface area contributed by atoms with Gasteiger partial charge in [-0.05, 0) is 42.9 Å². The van der Waals surface area contributed by atoms with Crippen molar-refractivity contribution in [2.24, 2.45) is 5.41 Å². The van der Waals surface area contributed by atoms with Crippen molar-refractivity contribution in [3.63, 3.8) is 0 Å². The number of aryl methyl sites for hydroxylation is 1. The quantitative estimate of drug-likeness (QED) is 0.838. The van der Waals surface area contributed by atoms with Crippen molar-refractivity contribution in [2.45, 2.75) is 46.6 Å². The van der Waals surface area contributed by atoms with Crippen LogP contribution in [-0.2, 0) is 0 Å². The van der Waals surface area contributed by atoms with E-state index in [-0.39, 0.29) is 0 Å². The maximum atomic E-state index is 6.34. The van der Waals surface area contributed by atoms with E-state index in [0.29, 0.717) is 11.5 Å². The van der Waals surface area contributed by atoms with Crippen LogP contribution >= 0.6 is 0 Å². The third kappa shape index (κ3) is 4.03. The lowest BCUT2D eigenvalue weighted by atomic mass is 9.94. The predicted octanol–water partition coefficient (Wildman–Crippen LogP) is 4.43. The number of likely N-dealkylation sites (tertiary alicyclic amines) is 1. The highest BCUT2D eigenvalue weighted by Gasteiger charge is 2.24. The first-order chi connectivity index (χ1) is 10.9.